The Hall–Kier alpha value is -2.47. The van der Waals surface area contributed by atoms with Gasteiger partial charge < -0.3 is 9.64 Å². The average Bonchev–Trinajstić information content (AvgIpc) is 2.91. The lowest BCUT2D eigenvalue weighted by molar-refractivity contribution is -0.141. The molecule has 1 aliphatic heterocycles. The van der Waals surface area contributed by atoms with Gasteiger partial charge in [0.1, 0.15) is 0 Å². The van der Waals surface area contributed by atoms with E-state index in [9.17, 15) is 9.59 Å². The number of pyridine rings is 1. The standard InChI is InChI=1S/C29H39N3O3/c1-2-31-18-17-26-24(19-31)28(23-15-9-10-16-25(23)30-26)29(34)35-20-27(33)32(21-11-5-3-6-12-21)22-13-7-4-8-14-22/h9-10,15-16,21-22H,2-8,11-14,17-20H2,1H3. The van der Waals surface area contributed by atoms with Gasteiger partial charge >= 0.3 is 5.97 Å². The zero-order chi connectivity index (χ0) is 24.2. The maximum Gasteiger partial charge on any atom is 0.339 e. The normalized spacial score (nSPS) is 19.9. The average molecular weight is 478 g/mol. The molecule has 2 saturated carbocycles. The molecule has 0 N–H and O–H groups in total. The highest BCUT2D eigenvalue weighted by Gasteiger charge is 2.33. The molecule has 1 aromatic heterocycles. The van der Waals surface area contributed by atoms with Gasteiger partial charge in [0, 0.05) is 48.2 Å². The summed E-state index contributed by atoms with van der Waals surface area (Å²) in [7, 11) is 0. The number of likely N-dealkylation sites (N-methyl/N-ethyl adjacent to an activating group) is 1. The van der Waals surface area contributed by atoms with Crippen LogP contribution in [0.2, 0.25) is 0 Å². The van der Waals surface area contributed by atoms with E-state index in [1.54, 1.807) is 0 Å². The van der Waals surface area contributed by atoms with Crippen molar-refractivity contribution in [3.8, 4) is 0 Å². The number of benzene rings is 1. The number of nitrogens with zero attached hydrogens (tertiary/aromatic N) is 3. The summed E-state index contributed by atoms with van der Waals surface area (Å²) >= 11 is 0. The van der Waals surface area contributed by atoms with E-state index in [1.807, 2.05) is 24.3 Å². The topological polar surface area (TPSA) is 62.7 Å². The van der Waals surface area contributed by atoms with Crippen LogP contribution in [-0.4, -0.2) is 58.4 Å². The molecule has 2 heterocycles. The van der Waals surface area contributed by atoms with Gasteiger partial charge in [0.05, 0.1) is 11.1 Å². The Kier molecular flexibility index (Phi) is 7.66. The van der Waals surface area contributed by atoms with Crippen molar-refractivity contribution in [3.63, 3.8) is 0 Å². The minimum atomic E-state index is -0.390. The molecule has 0 bridgehead atoms. The molecule has 0 unspecified atom stereocenters. The Morgan fingerprint density at radius 2 is 1.66 bits per heavy atom. The second kappa shape index (κ2) is 11.1. The molecule has 1 amide bonds. The van der Waals surface area contributed by atoms with Gasteiger partial charge in [-0.25, -0.2) is 4.79 Å². The number of ether oxygens (including phenoxy) is 1. The zero-order valence-electron chi connectivity index (χ0n) is 21.1. The molecule has 6 nitrogen and oxygen atoms in total. The van der Waals surface area contributed by atoms with Crippen LogP contribution in [0.4, 0.5) is 0 Å². The second-order valence-corrected chi connectivity index (χ2v) is 10.5. The molecular formula is C29H39N3O3. The molecule has 0 radical (unpaired) electrons. The number of aromatic nitrogens is 1. The molecular weight excluding hydrogens is 438 g/mol. The summed E-state index contributed by atoms with van der Waals surface area (Å²) in [5.74, 6) is -0.405. The van der Waals surface area contributed by atoms with E-state index >= 15 is 0 Å². The SMILES string of the molecule is CCN1CCc2nc3ccccc3c(C(=O)OCC(=O)N(C3CCCCC3)C3CCCCC3)c2C1. The van der Waals surface area contributed by atoms with Crippen LogP contribution in [0.1, 0.15) is 92.7 Å². The highest BCUT2D eigenvalue weighted by Crippen LogP contribution is 2.31. The number of para-hydroxylation sites is 1. The van der Waals surface area contributed by atoms with Crippen molar-refractivity contribution < 1.29 is 14.3 Å². The third-order valence-electron chi connectivity index (χ3n) is 8.33. The number of hydrogen-bond donors (Lipinski definition) is 0. The van der Waals surface area contributed by atoms with Gasteiger partial charge in [0.25, 0.3) is 5.91 Å². The van der Waals surface area contributed by atoms with E-state index in [1.165, 1.54) is 38.5 Å². The minimum absolute atomic E-state index is 0.0143. The van der Waals surface area contributed by atoms with Crippen molar-refractivity contribution >= 4 is 22.8 Å². The van der Waals surface area contributed by atoms with E-state index < -0.39 is 5.97 Å². The smallest absolute Gasteiger partial charge is 0.339 e. The van der Waals surface area contributed by atoms with E-state index in [4.69, 9.17) is 9.72 Å². The van der Waals surface area contributed by atoms with Crippen molar-refractivity contribution in [2.45, 2.75) is 96.2 Å². The van der Waals surface area contributed by atoms with Crippen LogP contribution in [0.15, 0.2) is 24.3 Å². The van der Waals surface area contributed by atoms with Crippen molar-refractivity contribution in [1.29, 1.82) is 0 Å². The number of fused-ring (bicyclic) bond motifs is 2. The largest absolute Gasteiger partial charge is 0.452 e. The fourth-order valence-electron chi connectivity index (χ4n) is 6.45. The quantitative estimate of drug-likeness (QED) is 0.531. The van der Waals surface area contributed by atoms with Crippen LogP contribution in [0.3, 0.4) is 0 Å². The Bertz CT molecular complexity index is 1040. The maximum absolute atomic E-state index is 13.6. The number of carbonyl (C=O) groups is 2. The molecule has 2 aromatic rings. The van der Waals surface area contributed by atoms with Gasteiger partial charge in [-0.3, -0.25) is 14.7 Å². The summed E-state index contributed by atoms with van der Waals surface area (Å²) in [4.78, 5) is 36.4. The Morgan fingerprint density at radius 1 is 1.00 bits per heavy atom. The molecule has 5 rings (SSSR count). The van der Waals surface area contributed by atoms with Gasteiger partial charge in [-0.15, -0.1) is 0 Å². The predicted molar refractivity (Wildman–Crippen MR) is 137 cm³/mol. The third-order valence-corrected chi connectivity index (χ3v) is 8.33. The van der Waals surface area contributed by atoms with Gasteiger partial charge in [-0.2, -0.15) is 0 Å². The molecule has 3 aliphatic rings. The first-order chi connectivity index (χ1) is 17.2. The first-order valence-corrected chi connectivity index (χ1v) is 13.8. The molecule has 2 fully saturated rings. The molecule has 0 saturated heterocycles. The molecule has 0 spiro atoms. The lowest BCUT2D eigenvalue weighted by atomic mass is 9.88. The third kappa shape index (κ3) is 5.23. The Labute approximate surface area is 209 Å². The zero-order valence-corrected chi connectivity index (χ0v) is 21.1. The van der Waals surface area contributed by atoms with Crippen LogP contribution in [0.25, 0.3) is 10.9 Å². The summed E-state index contributed by atoms with van der Waals surface area (Å²) in [5, 5.41) is 0.818. The van der Waals surface area contributed by atoms with E-state index in [0.29, 0.717) is 24.2 Å². The van der Waals surface area contributed by atoms with E-state index in [0.717, 1.165) is 67.4 Å². The van der Waals surface area contributed by atoms with E-state index in [-0.39, 0.29) is 12.5 Å². The molecule has 35 heavy (non-hydrogen) atoms. The van der Waals surface area contributed by atoms with Crippen molar-refractivity contribution in [2.24, 2.45) is 0 Å². The van der Waals surface area contributed by atoms with Crippen LogP contribution < -0.4 is 0 Å². The molecule has 2 aliphatic carbocycles. The number of rotatable bonds is 6. The summed E-state index contributed by atoms with van der Waals surface area (Å²) in [6, 6.07) is 8.39. The lowest BCUT2D eigenvalue weighted by Crippen LogP contribution is -2.50. The number of hydrogen-bond acceptors (Lipinski definition) is 5. The first kappa shape index (κ1) is 24.2. The molecule has 1 aromatic carbocycles. The van der Waals surface area contributed by atoms with Gasteiger partial charge in [-0.05, 0) is 38.3 Å². The van der Waals surface area contributed by atoms with Crippen LogP contribution in [0, 0.1) is 0 Å². The van der Waals surface area contributed by atoms with Crippen LogP contribution >= 0.6 is 0 Å². The van der Waals surface area contributed by atoms with Crippen molar-refractivity contribution in [2.75, 3.05) is 19.7 Å². The number of esters is 1. The van der Waals surface area contributed by atoms with Crippen molar-refractivity contribution in [3.05, 3.63) is 41.1 Å². The molecule has 0 atom stereocenters. The van der Waals surface area contributed by atoms with Crippen LogP contribution in [-0.2, 0) is 22.5 Å². The summed E-state index contributed by atoms with van der Waals surface area (Å²) in [6.45, 7) is 4.53. The number of amides is 1. The number of carbonyl (C=O) groups excluding carboxylic acids is 2. The lowest BCUT2D eigenvalue weighted by Gasteiger charge is -2.41. The summed E-state index contributed by atoms with van der Waals surface area (Å²) in [5.41, 5.74) is 3.36. The van der Waals surface area contributed by atoms with Crippen LogP contribution in [0.5, 0.6) is 0 Å². The minimum Gasteiger partial charge on any atom is -0.452 e. The summed E-state index contributed by atoms with van der Waals surface area (Å²) in [6.07, 6.45) is 12.4. The molecule has 188 valence electrons. The van der Waals surface area contributed by atoms with Gasteiger partial charge in [-0.1, -0.05) is 63.6 Å². The first-order valence-electron chi connectivity index (χ1n) is 13.8. The van der Waals surface area contributed by atoms with Gasteiger partial charge in [0.15, 0.2) is 6.61 Å². The molecule has 6 heteroatoms. The Balaban J connectivity index is 1.38. The maximum atomic E-state index is 13.6. The summed E-state index contributed by atoms with van der Waals surface area (Å²) < 4.78 is 5.82. The Morgan fingerprint density at radius 3 is 2.31 bits per heavy atom. The second-order valence-electron chi connectivity index (χ2n) is 10.5. The fourth-order valence-corrected chi connectivity index (χ4v) is 6.45. The highest BCUT2D eigenvalue weighted by molar-refractivity contribution is 6.05. The van der Waals surface area contributed by atoms with Gasteiger partial charge in [0.2, 0.25) is 0 Å². The fraction of sp³-hybridized carbons (Fsp3) is 0.621. The van der Waals surface area contributed by atoms with E-state index in [2.05, 4.69) is 16.7 Å². The monoisotopic (exact) mass is 477 g/mol. The predicted octanol–water partition coefficient (Wildman–Crippen LogP) is 5.26. The highest BCUT2D eigenvalue weighted by atomic mass is 16.5. The van der Waals surface area contributed by atoms with Crippen molar-refractivity contribution in [1.82, 2.24) is 14.8 Å².